The molecule has 2 amide bonds. The first kappa shape index (κ1) is 26.1. The van der Waals surface area contributed by atoms with Gasteiger partial charge in [-0.1, -0.05) is 24.1 Å². The van der Waals surface area contributed by atoms with Crippen LogP contribution in [0.1, 0.15) is 51.6 Å². The number of rotatable bonds is 6. The number of ether oxygens (including phenoxy) is 1. The second-order valence-corrected chi connectivity index (χ2v) is 9.98. The van der Waals surface area contributed by atoms with Gasteiger partial charge < -0.3 is 15.8 Å². The van der Waals surface area contributed by atoms with E-state index in [4.69, 9.17) is 5.73 Å². The molecule has 36 heavy (non-hydrogen) atoms. The quantitative estimate of drug-likeness (QED) is 0.495. The standard InChI is InChI=1S/C25H27F3N4O3S/c1-15-12-18(21(29)33)13-16(2)20(15)6-11-36-32-9-7-24(8-10-32)23(34)30-22(31-24)17-4-3-5-19(14-17)35-25(26,27)28/h3-6,11-14,22,31H,7-10H2,1-2H3,(H2,29,33)(H,30,34)/b11-6+. The maximum Gasteiger partial charge on any atom is 0.573 e. The van der Waals surface area contributed by atoms with Crippen LogP contribution in [-0.4, -0.2) is 41.1 Å². The highest BCUT2D eigenvalue weighted by Crippen LogP contribution is 2.34. The number of carbonyl (C=O) groups excluding carboxylic acids is 2. The fourth-order valence-electron chi connectivity index (χ4n) is 4.61. The van der Waals surface area contributed by atoms with Gasteiger partial charge in [0, 0.05) is 18.7 Å². The van der Waals surface area contributed by atoms with Crippen molar-refractivity contribution < 1.29 is 27.5 Å². The van der Waals surface area contributed by atoms with Crippen LogP contribution in [-0.2, 0) is 4.79 Å². The Labute approximate surface area is 211 Å². The number of nitrogens with one attached hydrogen (secondary N) is 2. The van der Waals surface area contributed by atoms with Crippen molar-refractivity contribution in [2.24, 2.45) is 5.73 Å². The number of carbonyl (C=O) groups is 2. The van der Waals surface area contributed by atoms with Crippen LogP contribution in [0.3, 0.4) is 0 Å². The Morgan fingerprint density at radius 1 is 1.19 bits per heavy atom. The largest absolute Gasteiger partial charge is 0.573 e. The van der Waals surface area contributed by atoms with Crippen molar-refractivity contribution in [2.75, 3.05) is 13.1 Å². The normalized spacial score (nSPS) is 20.1. The first-order valence-corrected chi connectivity index (χ1v) is 12.2. The molecule has 11 heteroatoms. The third-order valence-corrected chi connectivity index (χ3v) is 7.38. The summed E-state index contributed by atoms with van der Waals surface area (Å²) in [5.41, 5.74) is 8.53. The molecule has 4 rings (SSSR count). The number of amides is 2. The first-order valence-electron chi connectivity index (χ1n) is 11.4. The van der Waals surface area contributed by atoms with Crippen LogP contribution in [0.15, 0.2) is 41.8 Å². The summed E-state index contributed by atoms with van der Waals surface area (Å²) in [5, 5.41) is 8.15. The van der Waals surface area contributed by atoms with E-state index in [9.17, 15) is 22.8 Å². The highest BCUT2D eigenvalue weighted by molar-refractivity contribution is 8.00. The number of primary amides is 1. The topological polar surface area (TPSA) is 96.7 Å². The zero-order chi connectivity index (χ0) is 26.1. The van der Waals surface area contributed by atoms with Crippen LogP contribution < -0.4 is 21.1 Å². The fourth-order valence-corrected chi connectivity index (χ4v) is 5.38. The van der Waals surface area contributed by atoms with Gasteiger partial charge >= 0.3 is 6.36 Å². The van der Waals surface area contributed by atoms with E-state index in [2.05, 4.69) is 19.7 Å². The van der Waals surface area contributed by atoms with Crippen LogP contribution in [0.2, 0.25) is 0 Å². The molecule has 2 aromatic rings. The van der Waals surface area contributed by atoms with E-state index in [0.717, 1.165) is 16.7 Å². The summed E-state index contributed by atoms with van der Waals surface area (Å²) in [4.78, 5) is 24.3. The molecular formula is C25H27F3N4O3S. The average Bonchev–Trinajstić information content (AvgIpc) is 3.11. The van der Waals surface area contributed by atoms with Gasteiger partial charge in [0.1, 0.15) is 17.5 Å². The lowest BCUT2D eigenvalue weighted by Crippen LogP contribution is -2.53. The van der Waals surface area contributed by atoms with Crippen LogP contribution in [0.4, 0.5) is 13.2 Å². The summed E-state index contributed by atoms with van der Waals surface area (Å²) < 4.78 is 43.9. The van der Waals surface area contributed by atoms with Gasteiger partial charge in [-0.2, -0.15) is 0 Å². The Balaban J connectivity index is 1.35. The lowest BCUT2D eigenvalue weighted by molar-refractivity contribution is -0.274. The molecule has 1 atom stereocenters. The first-order chi connectivity index (χ1) is 17.0. The van der Waals surface area contributed by atoms with Gasteiger partial charge in [-0.05, 0) is 84.7 Å². The fraction of sp³-hybridized carbons (Fsp3) is 0.360. The lowest BCUT2D eigenvalue weighted by Gasteiger charge is -2.36. The third-order valence-electron chi connectivity index (χ3n) is 6.45. The molecule has 2 aliphatic rings. The van der Waals surface area contributed by atoms with Crippen LogP contribution in [0.5, 0.6) is 5.75 Å². The maximum absolute atomic E-state index is 12.8. The maximum atomic E-state index is 12.8. The number of piperidine rings is 1. The van der Waals surface area contributed by atoms with E-state index < -0.39 is 24.0 Å². The molecule has 4 N–H and O–H groups in total. The Morgan fingerprint density at radius 2 is 1.86 bits per heavy atom. The van der Waals surface area contributed by atoms with Gasteiger partial charge in [0.05, 0.1) is 0 Å². The minimum Gasteiger partial charge on any atom is -0.406 e. The number of hydrogen-bond donors (Lipinski definition) is 3. The van der Waals surface area contributed by atoms with Crippen molar-refractivity contribution in [3.05, 3.63) is 69.6 Å². The monoisotopic (exact) mass is 520 g/mol. The Kier molecular flexibility index (Phi) is 7.35. The lowest BCUT2D eigenvalue weighted by atomic mass is 9.88. The second kappa shape index (κ2) is 10.2. The average molecular weight is 521 g/mol. The molecule has 0 radical (unpaired) electrons. The van der Waals surface area contributed by atoms with E-state index in [-0.39, 0.29) is 11.7 Å². The highest BCUT2D eigenvalue weighted by atomic mass is 32.2. The van der Waals surface area contributed by atoms with Crippen molar-refractivity contribution in [3.63, 3.8) is 0 Å². The molecule has 2 fully saturated rings. The van der Waals surface area contributed by atoms with Gasteiger partial charge in [0.25, 0.3) is 0 Å². The molecule has 2 aromatic carbocycles. The van der Waals surface area contributed by atoms with Gasteiger partial charge in [-0.3, -0.25) is 14.9 Å². The number of nitrogens with zero attached hydrogens (tertiary/aromatic N) is 1. The number of hydrogen-bond acceptors (Lipinski definition) is 6. The van der Waals surface area contributed by atoms with Gasteiger partial charge in [0.15, 0.2) is 0 Å². The van der Waals surface area contributed by atoms with E-state index in [1.54, 1.807) is 30.1 Å². The number of nitrogens with two attached hydrogens (primary N) is 1. The predicted octanol–water partition coefficient (Wildman–Crippen LogP) is 4.17. The summed E-state index contributed by atoms with van der Waals surface area (Å²) in [5.74, 6) is -0.942. The highest BCUT2D eigenvalue weighted by Gasteiger charge is 2.48. The number of aryl methyl sites for hydroxylation is 2. The summed E-state index contributed by atoms with van der Waals surface area (Å²) in [6, 6.07) is 9.16. The number of benzene rings is 2. The molecular weight excluding hydrogens is 493 g/mol. The molecule has 0 saturated carbocycles. The van der Waals surface area contributed by atoms with E-state index in [0.29, 0.717) is 37.1 Å². The minimum atomic E-state index is -4.78. The van der Waals surface area contributed by atoms with Crippen LogP contribution >= 0.6 is 11.9 Å². The summed E-state index contributed by atoms with van der Waals surface area (Å²) in [6.45, 7) is 5.16. The van der Waals surface area contributed by atoms with Gasteiger partial charge in [0.2, 0.25) is 11.8 Å². The molecule has 1 unspecified atom stereocenters. The molecule has 7 nitrogen and oxygen atoms in total. The summed E-state index contributed by atoms with van der Waals surface area (Å²) in [7, 11) is 0. The predicted molar refractivity (Wildman–Crippen MR) is 132 cm³/mol. The van der Waals surface area contributed by atoms with Crippen LogP contribution in [0, 0.1) is 13.8 Å². The van der Waals surface area contributed by atoms with Crippen molar-refractivity contribution in [1.29, 1.82) is 0 Å². The Bertz CT molecular complexity index is 1170. The molecule has 2 aliphatic heterocycles. The molecule has 0 aromatic heterocycles. The SMILES string of the molecule is Cc1cc(C(N)=O)cc(C)c1/C=C/SN1CCC2(CC1)NC(c1cccc(OC(F)(F)F)c1)NC2=O. The molecule has 192 valence electrons. The third kappa shape index (κ3) is 5.85. The van der Waals surface area contributed by atoms with Crippen molar-refractivity contribution in [3.8, 4) is 5.75 Å². The molecule has 2 heterocycles. The van der Waals surface area contributed by atoms with Crippen molar-refractivity contribution >= 4 is 29.8 Å². The Morgan fingerprint density at radius 3 is 2.47 bits per heavy atom. The van der Waals surface area contributed by atoms with E-state index >= 15 is 0 Å². The number of alkyl halides is 3. The summed E-state index contributed by atoms with van der Waals surface area (Å²) in [6.07, 6.45) is -2.27. The Hall–Kier alpha value is -3.02. The zero-order valence-corrected chi connectivity index (χ0v) is 20.6. The summed E-state index contributed by atoms with van der Waals surface area (Å²) >= 11 is 1.55. The second-order valence-electron chi connectivity index (χ2n) is 8.98. The van der Waals surface area contributed by atoms with E-state index in [1.807, 2.05) is 25.3 Å². The van der Waals surface area contributed by atoms with Crippen molar-refractivity contribution in [2.45, 2.75) is 44.8 Å². The molecule has 2 saturated heterocycles. The molecule has 1 spiro atoms. The van der Waals surface area contributed by atoms with Gasteiger partial charge in [-0.25, -0.2) is 4.31 Å². The number of halogens is 3. The zero-order valence-electron chi connectivity index (χ0n) is 19.8. The molecule has 0 aliphatic carbocycles. The van der Waals surface area contributed by atoms with Crippen LogP contribution in [0.25, 0.3) is 6.08 Å². The minimum absolute atomic E-state index is 0.157. The smallest absolute Gasteiger partial charge is 0.406 e. The molecule has 0 bridgehead atoms. The van der Waals surface area contributed by atoms with Gasteiger partial charge in [-0.15, -0.1) is 13.2 Å². The van der Waals surface area contributed by atoms with Crippen molar-refractivity contribution in [1.82, 2.24) is 14.9 Å². The van der Waals surface area contributed by atoms with E-state index in [1.165, 1.54) is 18.2 Å².